The molecule has 0 aliphatic carbocycles. The molecule has 2 N–H and O–H groups in total. The average Bonchev–Trinajstić information content (AvgIpc) is 2.42. The Kier molecular flexibility index (Phi) is 4.59. The zero-order valence-corrected chi connectivity index (χ0v) is 10.9. The van der Waals surface area contributed by atoms with E-state index in [2.05, 4.69) is 29.7 Å². The molecule has 0 radical (unpaired) electrons. The van der Waals surface area contributed by atoms with Crippen molar-refractivity contribution < 1.29 is 4.79 Å². The van der Waals surface area contributed by atoms with Crippen LogP contribution in [-0.2, 0) is 6.42 Å². The topological polar surface area (TPSA) is 44.4 Å². The number of hydrogen-bond donors (Lipinski definition) is 2. The number of carbonyl (C=O) groups excluding carboxylic acids is 1. The van der Waals surface area contributed by atoms with Crippen LogP contribution in [0.2, 0.25) is 0 Å². The van der Waals surface area contributed by atoms with Crippen LogP contribution in [0.3, 0.4) is 0 Å². The molecule has 1 heterocycles. The zero-order valence-electron chi connectivity index (χ0n) is 10.9. The fraction of sp³-hybridized carbons (Fsp3) is 0.500. The lowest BCUT2D eigenvalue weighted by Gasteiger charge is -2.27. The third-order valence-electron chi connectivity index (χ3n) is 3.15. The molecule has 4 heteroatoms. The number of hydrogen-bond acceptors (Lipinski definition) is 2. The lowest BCUT2D eigenvalue weighted by Crippen LogP contribution is -2.48. The fourth-order valence-electron chi connectivity index (χ4n) is 2.11. The van der Waals surface area contributed by atoms with Gasteiger partial charge in [-0.05, 0) is 24.1 Å². The van der Waals surface area contributed by atoms with Crippen molar-refractivity contribution in [2.45, 2.75) is 19.8 Å². The van der Waals surface area contributed by atoms with Crippen molar-refractivity contribution in [1.29, 1.82) is 0 Å². The number of aryl methyl sites for hydroxylation is 1. The van der Waals surface area contributed by atoms with Gasteiger partial charge in [-0.25, -0.2) is 4.79 Å². The third-order valence-corrected chi connectivity index (χ3v) is 3.15. The molecule has 1 aromatic rings. The van der Waals surface area contributed by atoms with Crippen LogP contribution < -0.4 is 10.6 Å². The number of carbonyl (C=O) groups is 1. The predicted molar refractivity (Wildman–Crippen MR) is 73.9 cm³/mol. The van der Waals surface area contributed by atoms with E-state index in [0.717, 1.165) is 44.7 Å². The molecule has 0 bridgehead atoms. The van der Waals surface area contributed by atoms with Crippen LogP contribution in [0.4, 0.5) is 10.5 Å². The highest BCUT2D eigenvalue weighted by Crippen LogP contribution is 2.12. The normalized spacial score (nSPS) is 15.5. The van der Waals surface area contributed by atoms with Gasteiger partial charge in [0.2, 0.25) is 0 Å². The van der Waals surface area contributed by atoms with Crippen LogP contribution in [0.25, 0.3) is 0 Å². The van der Waals surface area contributed by atoms with E-state index >= 15 is 0 Å². The van der Waals surface area contributed by atoms with Crippen molar-refractivity contribution in [3.63, 3.8) is 0 Å². The fourth-order valence-corrected chi connectivity index (χ4v) is 2.11. The third kappa shape index (κ3) is 3.47. The predicted octanol–water partition coefficient (Wildman–Crippen LogP) is 2.08. The van der Waals surface area contributed by atoms with Crippen molar-refractivity contribution in [2.24, 2.45) is 0 Å². The summed E-state index contributed by atoms with van der Waals surface area (Å²) in [6.45, 7) is 5.48. The molecule has 0 saturated carbocycles. The smallest absolute Gasteiger partial charge is 0.321 e. The van der Waals surface area contributed by atoms with Gasteiger partial charge in [0.15, 0.2) is 0 Å². The highest BCUT2D eigenvalue weighted by Gasteiger charge is 2.15. The number of nitrogens with zero attached hydrogens (tertiary/aromatic N) is 1. The number of nitrogens with one attached hydrogen (secondary N) is 2. The molecule has 1 aliphatic rings. The minimum Gasteiger partial charge on any atom is -0.322 e. The van der Waals surface area contributed by atoms with Gasteiger partial charge < -0.3 is 15.5 Å². The van der Waals surface area contributed by atoms with Gasteiger partial charge in [-0.15, -0.1) is 0 Å². The summed E-state index contributed by atoms with van der Waals surface area (Å²) in [5.74, 6) is 0. The first kappa shape index (κ1) is 12.9. The minimum atomic E-state index is -0.000239. The molecular formula is C14H21N3O. The standard InChI is InChI=1S/C14H21N3O/c1-2-3-12-4-6-13(7-5-12)16-14(18)17-10-8-15-9-11-17/h4-7,15H,2-3,8-11H2,1H3,(H,16,18). The Morgan fingerprint density at radius 1 is 1.28 bits per heavy atom. The number of piperazine rings is 1. The molecule has 18 heavy (non-hydrogen) atoms. The second kappa shape index (κ2) is 6.40. The van der Waals surface area contributed by atoms with Crippen molar-refractivity contribution in [2.75, 3.05) is 31.5 Å². The Bertz CT molecular complexity index is 383. The van der Waals surface area contributed by atoms with Gasteiger partial charge in [-0.2, -0.15) is 0 Å². The lowest BCUT2D eigenvalue weighted by molar-refractivity contribution is 0.204. The van der Waals surface area contributed by atoms with Gasteiger partial charge in [-0.3, -0.25) is 0 Å². The summed E-state index contributed by atoms with van der Waals surface area (Å²) in [6, 6.07) is 8.11. The van der Waals surface area contributed by atoms with Crippen LogP contribution in [0.5, 0.6) is 0 Å². The Morgan fingerprint density at radius 2 is 1.94 bits per heavy atom. The lowest BCUT2D eigenvalue weighted by atomic mass is 10.1. The molecule has 4 nitrogen and oxygen atoms in total. The van der Waals surface area contributed by atoms with E-state index in [0.29, 0.717) is 0 Å². The van der Waals surface area contributed by atoms with Crippen LogP contribution in [0.15, 0.2) is 24.3 Å². The second-order valence-corrected chi connectivity index (χ2v) is 4.61. The SMILES string of the molecule is CCCc1ccc(NC(=O)N2CCNCC2)cc1. The molecular weight excluding hydrogens is 226 g/mol. The van der Waals surface area contributed by atoms with E-state index in [1.54, 1.807) is 0 Å². The molecule has 1 fully saturated rings. The highest BCUT2D eigenvalue weighted by molar-refractivity contribution is 5.89. The molecule has 0 atom stereocenters. The Hall–Kier alpha value is -1.55. The Balaban J connectivity index is 1.89. The summed E-state index contributed by atoms with van der Waals surface area (Å²) in [4.78, 5) is 13.8. The first-order chi connectivity index (χ1) is 8.79. The van der Waals surface area contributed by atoms with Crippen LogP contribution in [0, 0.1) is 0 Å². The summed E-state index contributed by atoms with van der Waals surface area (Å²) in [6.07, 6.45) is 2.23. The van der Waals surface area contributed by atoms with Gasteiger partial charge in [0, 0.05) is 31.9 Å². The van der Waals surface area contributed by atoms with Crippen molar-refractivity contribution >= 4 is 11.7 Å². The molecule has 2 amide bonds. The molecule has 1 aromatic carbocycles. The molecule has 0 spiro atoms. The van der Waals surface area contributed by atoms with Crippen LogP contribution in [0.1, 0.15) is 18.9 Å². The summed E-state index contributed by atoms with van der Waals surface area (Å²) in [7, 11) is 0. The first-order valence-corrected chi connectivity index (χ1v) is 6.65. The second-order valence-electron chi connectivity index (χ2n) is 4.61. The number of urea groups is 1. The maximum absolute atomic E-state index is 12.0. The van der Waals surface area contributed by atoms with Gasteiger partial charge in [0.05, 0.1) is 0 Å². The molecule has 0 aromatic heterocycles. The van der Waals surface area contributed by atoms with E-state index in [4.69, 9.17) is 0 Å². The maximum atomic E-state index is 12.0. The maximum Gasteiger partial charge on any atom is 0.321 e. The van der Waals surface area contributed by atoms with Gasteiger partial charge in [-0.1, -0.05) is 25.5 Å². The molecule has 1 aliphatic heterocycles. The first-order valence-electron chi connectivity index (χ1n) is 6.65. The Morgan fingerprint density at radius 3 is 2.56 bits per heavy atom. The van der Waals surface area contributed by atoms with Crippen LogP contribution >= 0.6 is 0 Å². The summed E-state index contributed by atoms with van der Waals surface area (Å²) in [5, 5.41) is 6.17. The average molecular weight is 247 g/mol. The largest absolute Gasteiger partial charge is 0.322 e. The number of rotatable bonds is 3. The summed E-state index contributed by atoms with van der Waals surface area (Å²) < 4.78 is 0. The summed E-state index contributed by atoms with van der Waals surface area (Å²) >= 11 is 0. The van der Waals surface area contributed by atoms with Gasteiger partial charge in [0.25, 0.3) is 0 Å². The summed E-state index contributed by atoms with van der Waals surface area (Å²) in [5.41, 5.74) is 2.19. The van der Waals surface area contributed by atoms with Crippen molar-refractivity contribution in [3.05, 3.63) is 29.8 Å². The van der Waals surface area contributed by atoms with Gasteiger partial charge in [0.1, 0.15) is 0 Å². The van der Waals surface area contributed by atoms with E-state index in [-0.39, 0.29) is 6.03 Å². The number of anilines is 1. The van der Waals surface area contributed by atoms with Gasteiger partial charge >= 0.3 is 6.03 Å². The zero-order chi connectivity index (χ0) is 12.8. The van der Waals surface area contributed by atoms with Crippen molar-refractivity contribution in [1.82, 2.24) is 10.2 Å². The minimum absolute atomic E-state index is 0.000239. The van der Waals surface area contributed by atoms with E-state index in [9.17, 15) is 4.79 Å². The van der Waals surface area contributed by atoms with Crippen molar-refractivity contribution in [3.8, 4) is 0 Å². The van der Waals surface area contributed by atoms with E-state index < -0.39 is 0 Å². The number of amides is 2. The van der Waals surface area contributed by atoms with E-state index in [1.807, 2.05) is 17.0 Å². The van der Waals surface area contributed by atoms with E-state index in [1.165, 1.54) is 5.56 Å². The molecule has 98 valence electrons. The molecule has 2 rings (SSSR count). The molecule has 0 unspecified atom stereocenters. The van der Waals surface area contributed by atoms with Crippen LogP contribution in [-0.4, -0.2) is 37.1 Å². The quantitative estimate of drug-likeness (QED) is 0.859. The Labute approximate surface area is 108 Å². The molecule has 1 saturated heterocycles. The monoisotopic (exact) mass is 247 g/mol. The number of benzene rings is 1. The highest BCUT2D eigenvalue weighted by atomic mass is 16.2.